The minimum atomic E-state index is -0.685. The number of aliphatic carboxylic acids is 1. The molecular weight excluding hydrogens is 314 g/mol. The Hall–Kier alpha value is -2.27. The summed E-state index contributed by atoms with van der Waals surface area (Å²) in [7, 11) is 0. The normalized spacial score (nSPS) is 17.4. The van der Waals surface area contributed by atoms with E-state index < -0.39 is 5.97 Å². The fourth-order valence-corrected chi connectivity index (χ4v) is 3.38. The molecule has 0 saturated carbocycles. The molecular formula is C20H25N3O2. The zero-order chi connectivity index (χ0) is 17.8. The maximum atomic E-state index is 11.2. The number of aryl methyl sites for hydroxylation is 2. The smallest absolute Gasteiger partial charge is 0.306 e. The van der Waals surface area contributed by atoms with E-state index in [9.17, 15) is 9.90 Å². The van der Waals surface area contributed by atoms with E-state index in [2.05, 4.69) is 46.1 Å². The van der Waals surface area contributed by atoms with Crippen LogP contribution in [-0.2, 0) is 11.2 Å². The average Bonchev–Trinajstić information content (AvgIpc) is 2.64. The summed E-state index contributed by atoms with van der Waals surface area (Å²) in [5, 5.41) is 9.24. The SMILES string of the molecule is CCc1ccc(C(c2ccc(C)cn2)N2CCC(C(=O)O)CC2)nc1. The van der Waals surface area contributed by atoms with Gasteiger partial charge < -0.3 is 5.11 Å². The summed E-state index contributed by atoms with van der Waals surface area (Å²) in [6.07, 6.45) is 6.12. The van der Waals surface area contributed by atoms with Gasteiger partial charge in [0.15, 0.2) is 0 Å². The maximum absolute atomic E-state index is 11.2. The minimum absolute atomic E-state index is 0.0266. The van der Waals surface area contributed by atoms with Crippen LogP contribution < -0.4 is 0 Å². The van der Waals surface area contributed by atoms with Crippen LogP contribution in [0.15, 0.2) is 36.7 Å². The van der Waals surface area contributed by atoms with Crippen LogP contribution in [0, 0.1) is 12.8 Å². The van der Waals surface area contributed by atoms with Gasteiger partial charge in [-0.1, -0.05) is 19.1 Å². The van der Waals surface area contributed by atoms with Crippen molar-refractivity contribution in [3.8, 4) is 0 Å². The van der Waals surface area contributed by atoms with E-state index in [0.717, 1.165) is 36.5 Å². The third-order valence-corrected chi connectivity index (χ3v) is 4.99. The van der Waals surface area contributed by atoms with Crippen LogP contribution in [0.1, 0.15) is 48.3 Å². The van der Waals surface area contributed by atoms with Crippen LogP contribution in [-0.4, -0.2) is 39.0 Å². The van der Waals surface area contributed by atoms with E-state index in [-0.39, 0.29) is 12.0 Å². The molecule has 3 rings (SSSR count). The van der Waals surface area contributed by atoms with Gasteiger partial charge in [-0.2, -0.15) is 0 Å². The first kappa shape index (κ1) is 17.5. The zero-order valence-electron chi connectivity index (χ0n) is 14.9. The number of aromatic nitrogens is 2. The number of carboxylic acids is 1. The molecule has 1 atom stereocenters. The third kappa shape index (κ3) is 4.04. The Bertz CT molecular complexity index is 705. The molecule has 2 aromatic heterocycles. The van der Waals surface area contributed by atoms with E-state index in [1.165, 1.54) is 5.56 Å². The highest BCUT2D eigenvalue weighted by atomic mass is 16.4. The summed E-state index contributed by atoms with van der Waals surface area (Å²) in [4.78, 5) is 22.9. The Morgan fingerprint density at radius 3 is 2.28 bits per heavy atom. The minimum Gasteiger partial charge on any atom is -0.481 e. The van der Waals surface area contributed by atoms with Gasteiger partial charge in [-0.05, 0) is 62.5 Å². The first-order valence-corrected chi connectivity index (χ1v) is 8.92. The van der Waals surface area contributed by atoms with Gasteiger partial charge in [-0.15, -0.1) is 0 Å². The Morgan fingerprint density at radius 2 is 1.80 bits per heavy atom. The van der Waals surface area contributed by atoms with Gasteiger partial charge >= 0.3 is 5.97 Å². The highest BCUT2D eigenvalue weighted by Crippen LogP contribution is 2.30. The fraction of sp³-hybridized carbons (Fsp3) is 0.450. The summed E-state index contributed by atoms with van der Waals surface area (Å²) >= 11 is 0. The van der Waals surface area contributed by atoms with E-state index in [4.69, 9.17) is 0 Å². The molecule has 1 aliphatic heterocycles. The number of piperidine rings is 1. The summed E-state index contributed by atoms with van der Waals surface area (Å²) in [5.74, 6) is -0.923. The molecule has 5 heteroatoms. The number of hydrogen-bond donors (Lipinski definition) is 1. The van der Waals surface area contributed by atoms with Crippen molar-refractivity contribution in [3.05, 3.63) is 59.2 Å². The molecule has 0 aliphatic carbocycles. The molecule has 5 nitrogen and oxygen atoms in total. The summed E-state index contributed by atoms with van der Waals surface area (Å²) < 4.78 is 0. The van der Waals surface area contributed by atoms with Gasteiger partial charge in [-0.3, -0.25) is 19.7 Å². The molecule has 25 heavy (non-hydrogen) atoms. The topological polar surface area (TPSA) is 66.3 Å². The summed E-state index contributed by atoms with van der Waals surface area (Å²) in [6.45, 7) is 5.63. The quantitative estimate of drug-likeness (QED) is 0.906. The number of nitrogens with zero attached hydrogens (tertiary/aromatic N) is 3. The first-order chi connectivity index (χ1) is 12.1. The Balaban J connectivity index is 1.89. The second-order valence-electron chi connectivity index (χ2n) is 6.76. The number of rotatable bonds is 5. The van der Waals surface area contributed by atoms with Crippen LogP contribution in [0.2, 0.25) is 0 Å². The first-order valence-electron chi connectivity index (χ1n) is 8.92. The number of carbonyl (C=O) groups is 1. The number of pyridine rings is 2. The highest BCUT2D eigenvalue weighted by Gasteiger charge is 2.31. The molecule has 1 N–H and O–H groups in total. The van der Waals surface area contributed by atoms with E-state index >= 15 is 0 Å². The monoisotopic (exact) mass is 339 g/mol. The van der Waals surface area contributed by atoms with Crippen molar-refractivity contribution < 1.29 is 9.90 Å². The average molecular weight is 339 g/mol. The van der Waals surface area contributed by atoms with E-state index in [1.54, 1.807) is 0 Å². The summed E-state index contributed by atoms with van der Waals surface area (Å²) in [6, 6.07) is 8.29. The van der Waals surface area contributed by atoms with Crippen molar-refractivity contribution in [2.75, 3.05) is 13.1 Å². The van der Waals surface area contributed by atoms with E-state index in [0.29, 0.717) is 12.8 Å². The number of likely N-dealkylation sites (tertiary alicyclic amines) is 1. The maximum Gasteiger partial charge on any atom is 0.306 e. The molecule has 1 unspecified atom stereocenters. The van der Waals surface area contributed by atoms with Crippen molar-refractivity contribution in [3.63, 3.8) is 0 Å². The van der Waals surface area contributed by atoms with Gasteiger partial charge in [0.2, 0.25) is 0 Å². The third-order valence-electron chi connectivity index (χ3n) is 4.99. The standard InChI is InChI=1S/C20H25N3O2/c1-3-15-5-7-18(22-13-15)19(17-6-4-14(2)12-21-17)23-10-8-16(9-11-23)20(24)25/h4-7,12-13,16,19H,3,8-11H2,1-2H3,(H,24,25). The van der Waals surface area contributed by atoms with E-state index in [1.807, 2.05) is 19.3 Å². The van der Waals surface area contributed by atoms with Crippen LogP contribution in [0.5, 0.6) is 0 Å². The Labute approximate surface area is 148 Å². The molecule has 1 saturated heterocycles. The lowest BCUT2D eigenvalue weighted by Crippen LogP contribution is -2.39. The van der Waals surface area contributed by atoms with Crippen molar-refractivity contribution in [2.24, 2.45) is 5.92 Å². The highest BCUT2D eigenvalue weighted by molar-refractivity contribution is 5.70. The second-order valence-corrected chi connectivity index (χ2v) is 6.76. The number of hydrogen-bond acceptors (Lipinski definition) is 4. The van der Waals surface area contributed by atoms with Crippen molar-refractivity contribution in [1.82, 2.24) is 14.9 Å². The van der Waals surface area contributed by atoms with Gasteiger partial charge in [0.05, 0.1) is 23.3 Å². The van der Waals surface area contributed by atoms with Crippen LogP contribution in [0.25, 0.3) is 0 Å². The lowest BCUT2D eigenvalue weighted by Gasteiger charge is -2.36. The molecule has 2 aromatic rings. The lowest BCUT2D eigenvalue weighted by molar-refractivity contribution is -0.143. The zero-order valence-corrected chi connectivity index (χ0v) is 14.9. The molecule has 0 bridgehead atoms. The molecule has 132 valence electrons. The van der Waals surface area contributed by atoms with Crippen LogP contribution >= 0.6 is 0 Å². The fourth-order valence-electron chi connectivity index (χ4n) is 3.38. The Morgan fingerprint density at radius 1 is 1.16 bits per heavy atom. The molecule has 1 aliphatic rings. The van der Waals surface area contributed by atoms with Crippen molar-refractivity contribution >= 4 is 5.97 Å². The van der Waals surface area contributed by atoms with Gasteiger partial charge in [0.1, 0.15) is 0 Å². The predicted molar refractivity (Wildman–Crippen MR) is 96.4 cm³/mol. The molecule has 0 spiro atoms. The van der Waals surface area contributed by atoms with Crippen LogP contribution in [0.3, 0.4) is 0 Å². The summed E-state index contributed by atoms with van der Waals surface area (Å²) in [5.41, 5.74) is 4.28. The molecule has 1 fully saturated rings. The molecule has 0 radical (unpaired) electrons. The Kier molecular flexibility index (Phi) is 5.43. The molecule has 0 aromatic carbocycles. The van der Waals surface area contributed by atoms with Gasteiger partial charge in [0, 0.05) is 12.4 Å². The van der Waals surface area contributed by atoms with Crippen LogP contribution in [0.4, 0.5) is 0 Å². The van der Waals surface area contributed by atoms with Gasteiger partial charge in [-0.25, -0.2) is 0 Å². The molecule has 3 heterocycles. The molecule has 0 amide bonds. The lowest BCUT2D eigenvalue weighted by atomic mass is 9.94. The van der Waals surface area contributed by atoms with Gasteiger partial charge in [0.25, 0.3) is 0 Å². The largest absolute Gasteiger partial charge is 0.481 e. The second kappa shape index (κ2) is 7.74. The number of carboxylic acid groups (broad SMARTS) is 1. The predicted octanol–water partition coefficient (Wildman–Crippen LogP) is 3.23. The van der Waals surface area contributed by atoms with Crippen molar-refractivity contribution in [1.29, 1.82) is 0 Å². The van der Waals surface area contributed by atoms with Crippen molar-refractivity contribution in [2.45, 2.75) is 39.2 Å².